The van der Waals surface area contributed by atoms with Gasteiger partial charge in [-0.25, -0.2) is 4.39 Å². The van der Waals surface area contributed by atoms with E-state index in [0.717, 1.165) is 18.4 Å². The maximum absolute atomic E-state index is 13.3. The van der Waals surface area contributed by atoms with Crippen LogP contribution in [0.3, 0.4) is 0 Å². The Labute approximate surface area is 109 Å². The summed E-state index contributed by atoms with van der Waals surface area (Å²) in [6.07, 6.45) is 4.75. The fourth-order valence-electron chi connectivity index (χ4n) is 2.10. The van der Waals surface area contributed by atoms with Gasteiger partial charge in [-0.2, -0.15) is 8.78 Å². The fraction of sp³-hybridized carbons (Fsp3) is 0.538. The third kappa shape index (κ3) is 3.68. The molecule has 0 aromatic heterocycles. The van der Waals surface area contributed by atoms with E-state index in [1.54, 1.807) is 0 Å². The number of anilines is 2. The number of hydrogen-bond acceptors (Lipinski definition) is 3. The quantitative estimate of drug-likeness (QED) is 0.779. The molecule has 6 heteroatoms. The fourth-order valence-corrected chi connectivity index (χ4v) is 2.10. The molecular formula is C13H17F3N2O. The molecule has 106 valence electrons. The molecule has 3 N–H and O–H groups in total. The lowest BCUT2D eigenvalue weighted by molar-refractivity contribution is -0.0521. The van der Waals surface area contributed by atoms with E-state index in [1.165, 1.54) is 25.3 Å². The first-order chi connectivity index (χ1) is 9.06. The van der Waals surface area contributed by atoms with Crippen molar-refractivity contribution in [3.63, 3.8) is 0 Å². The smallest absolute Gasteiger partial charge is 0.387 e. The maximum atomic E-state index is 13.3. The Morgan fingerprint density at radius 3 is 2.68 bits per heavy atom. The van der Waals surface area contributed by atoms with Crippen molar-refractivity contribution >= 4 is 11.4 Å². The van der Waals surface area contributed by atoms with Gasteiger partial charge < -0.3 is 15.8 Å². The molecule has 19 heavy (non-hydrogen) atoms. The number of rotatable bonds is 6. The van der Waals surface area contributed by atoms with Gasteiger partial charge in [0.2, 0.25) is 0 Å². The van der Waals surface area contributed by atoms with Crippen LogP contribution >= 0.6 is 0 Å². The van der Waals surface area contributed by atoms with Crippen molar-refractivity contribution in [1.82, 2.24) is 0 Å². The predicted molar refractivity (Wildman–Crippen MR) is 67.9 cm³/mol. The highest BCUT2D eigenvalue weighted by atomic mass is 19.3. The van der Waals surface area contributed by atoms with E-state index in [2.05, 4.69) is 10.1 Å². The van der Waals surface area contributed by atoms with Gasteiger partial charge in [-0.05, 0) is 12.3 Å². The molecule has 1 fully saturated rings. The van der Waals surface area contributed by atoms with Crippen LogP contribution in [0.25, 0.3) is 0 Å². The van der Waals surface area contributed by atoms with Crippen molar-refractivity contribution in [2.45, 2.75) is 32.3 Å². The summed E-state index contributed by atoms with van der Waals surface area (Å²) in [6.45, 7) is -2.37. The molecule has 1 aliphatic carbocycles. The van der Waals surface area contributed by atoms with Gasteiger partial charge in [0.15, 0.2) is 11.6 Å². The first kappa shape index (κ1) is 13.8. The number of benzene rings is 1. The summed E-state index contributed by atoms with van der Waals surface area (Å²) in [5, 5.41) is 3.04. The Morgan fingerprint density at radius 1 is 1.37 bits per heavy atom. The molecule has 0 unspecified atom stereocenters. The van der Waals surface area contributed by atoms with Crippen LogP contribution in [0.2, 0.25) is 0 Å². The lowest BCUT2D eigenvalue weighted by atomic mass is 9.83. The summed E-state index contributed by atoms with van der Waals surface area (Å²) in [5.41, 5.74) is 6.25. The van der Waals surface area contributed by atoms with E-state index in [4.69, 9.17) is 5.73 Å². The average Bonchev–Trinajstić information content (AvgIpc) is 2.27. The van der Waals surface area contributed by atoms with E-state index in [9.17, 15) is 13.2 Å². The summed E-state index contributed by atoms with van der Waals surface area (Å²) < 4.78 is 41.6. The second kappa shape index (κ2) is 6.04. The van der Waals surface area contributed by atoms with Crippen LogP contribution in [0.15, 0.2) is 12.1 Å². The molecule has 1 saturated carbocycles. The molecule has 0 heterocycles. The summed E-state index contributed by atoms with van der Waals surface area (Å²) in [5.74, 6) is -0.649. The van der Waals surface area contributed by atoms with Crippen molar-refractivity contribution in [2.75, 3.05) is 17.6 Å². The molecule has 0 aliphatic heterocycles. The van der Waals surface area contributed by atoms with Crippen LogP contribution < -0.4 is 15.8 Å². The summed E-state index contributed by atoms with van der Waals surface area (Å²) in [4.78, 5) is 0. The topological polar surface area (TPSA) is 47.3 Å². The Morgan fingerprint density at radius 2 is 2.11 bits per heavy atom. The van der Waals surface area contributed by atoms with Gasteiger partial charge in [0, 0.05) is 18.7 Å². The van der Waals surface area contributed by atoms with E-state index >= 15 is 0 Å². The summed E-state index contributed by atoms with van der Waals surface area (Å²) in [7, 11) is 0. The first-order valence-electron chi connectivity index (χ1n) is 6.34. The van der Waals surface area contributed by atoms with Crippen molar-refractivity contribution < 1.29 is 17.9 Å². The standard InChI is InChI=1S/C13H17F3N2O/c14-9-6-10(17)11(7-12(9)19-13(15)16)18-5-4-8-2-1-3-8/h6-8,13,18H,1-5,17H2. The number of alkyl halides is 2. The summed E-state index contributed by atoms with van der Waals surface area (Å²) in [6, 6.07) is 2.17. The molecule has 0 spiro atoms. The number of nitrogen functional groups attached to an aromatic ring is 1. The SMILES string of the molecule is Nc1cc(F)c(OC(F)F)cc1NCCC1CCC1. The minimum atomic E-state index is -3.05. The molecule has 2 rings (SSSR count). The minimum absolute atomic E-state index is 0.188. The number of nitrogens with one attached hydrogen (secondary N) is 1. The Bertz CT molecular complexity index is 436. The van der Waals surface area contributed by atoms with Crippen LogP contribution in [0.4, 0.5) is 24.5 Å². The maximum Gasteiger partial charge on any atom is 0.387 e. The van der Waals surface area contributed by atoms with Gasteiger partial charge in [0.1, 0.15) is 0 Å². The van der Waals surface area contributed by atoms with Crippen LogP contribution in [-0.4, -0.2) is 13.2 Å². The van der Waals surface area contributed by atoms with Gasteiger partial charge in [0.25, 0.3) is 0 Å². The molecule has 0 amide bonds. The van der Waals surface area contributed by atoms with E-state index < -0.39 is 18.2 Å². The molecule has 1 aliphatic rings. The van der Waals surface area contributed by atoms with E-state index in [1.807, 2.05) is 0 Å². The Hall–Kier alpha value is -1.59. The molecule has 3 nitrogen and oxygen atoms in total. The van der Waals surface area contributed by atoms with E-state index in [-0.39, 0.29) is 5.69 Å². The van der Waals surface area contributed by atoms with Crippen LogP contribution in [0.5, 0.6) is 5.75 Å². The van der Waals surface area contributed by atoms with Gasteiger partial charge in [-0.15, -0.1) is 0 Å². The Kier molecular flexibility index (Phi) is 4.39. The highest BCUT2D eigenvalue weighted by Gasteiger charge is 2.17. The highest BCUT2D eigenvalue weighted by Crippen LogP contribution is 2.31. The molecule has 0 atom stereocenters. The van der Waals surface area contributed by atoms with Crippen molar-refractivity contribution in [3.8, 4) is 5.75 Å². The zero-order chi connectivity index (χ0) is 13.8. The van der Waals surface area contributed by atoms with Crippen molar-refractivity contribution in [2.24, 2.45) is 5.92 Å². The zero-order valence-electron chi connectivity index (χ0n) is 10.5. The van der Waals surface area contributed by atoms with Gasteiger partial charge in [-0.1, -0.05) is 19.3 Å². The van der Waals surface area contributed by atoms with Crippen molar-refractivity contribution in [1.29, 1.82) is 0 Å². The van der Waals surface area contributed by atoms with Crippen molar-refractivity contribution in [3.05, 3.63) is 17.9 Å². The molecule has 0 saturated heterocycles. The largest absolute Gasteiger partial charge is 0.432 e. The normalized spacial score (nSPS) is 15.4. The molecule has 1 aromatic carbocycles. The second-order valence-electron chi connectivity index (χ2n) is 4.76. The third-order valence-electron chi connectivity index (χ3n) is 3.41. The van der Waals surface area contributed by atoms with Gasteiger partial charge in [0.05, 0.1) is 11.4 Å². The predicted octanol–water partition coefficient (Wildman–Crippen LogP) is 3.61. The van der Waals surface area contributed by atoms with Crippen LogP contribution in [-0.2, 0) is 0 Å². The highest BCUT2D eigenvalue weighted by molar-refractivity contribution is 5.68. The van der Waals surface area contributed by atoms with Gasteiger partial charge >= 0.3 is 6.61 Å². The number of hydrogen-bond donors (Lipinski definition) is 2. The molecule has 0 bridgehead atoms. The van der Waals surface area contributed by atoms with E-state index in [0.29, 0.717) is 12.2 Å². The number of ether oxygens (including phenoxy) is 1. The lowest BCUT2D eigenvalue weighted by Gasteiger charge is -2.25. The third-order valence-corrected chi connectivity index (χ3v) is 3.41. The van der Waals surface area contributed by atoms with Crippen LogP contribution in [0, 0.1) is 11.7 Å². The monoisotopic (exact) mass is 274 g/mol. The number of halogens is 3. The average molecular weight is 274 g/mol. The first-order valence-corrected chi connectivity index (χ1v) is 6.34. The molecule has 1 aromatic rings. The Balaban J connectivity index is 1.97. The van der Waals surface area contributed by atoms with Gasteiger partial charge in [-0.3, -0.25) is 0 Å². The second-order valence-corrected chi connectivity index (χ2v) is 4.76. The zero-order valence-corrected chi connectivity index (χ0v) is 10.5. The minimum Gasteiger partial charge on any atom is -0.432 e. The molecule has 0 radical (unpaired) electrons. The summed E-state index contributed by atoms with van der Waals surface area (Å²) >= 11 is 0. The lowest BCUT2D eigenvalue weighted by Crippen LogP contribution is -2.16. The van der Waals surface area contributed by atoms with Crippen LogP contribution in [0.1, 0.15) is 25.7 Å². The number of nitrogens with two attached hydrogens (primary N) is 1. The molecular weight excluding hydrogens is 257 g/mol.